The van der Waals surface area contributed by atoms with E-state index in [1.807, 2.05) is 5.57 Å². The molecular weight excluding hydrogens is 336 g/mol. The minimum atomic E-state index is 0.547. The molecule has 3 fully saturated rings. The Bertz CT molecular complexity index is 624. The summed E-state index contributed by atoms with van der Waals surface area (Å²) in [7, 11) is 0. The molecule has 0 radical (unpaired) electrons. The van der Waals surface area contributed by atoms with Gasteiger partial charge in [-0.3, -0.25) is 0 Å². The van der Waals surface area contributed by atoms with Gasteiger partial charge in [0, 0.05) is 0 Å². The predicted molar refractivity (Wildman–Crippen MR) is 122 cm³/mol. The number of rotatable bonds is 4. The molecule has 4 aliphatic carbocycles. The zero-order chi connectivity index (χ0) is 20.1. The van der Waals surface area contributed by atoms with E-state index in [0.29, 0.717) is 16.7 Å². The molecule has 0 aromatic rings. The average molecular weight is 383 g/mol. The van der Waals surface area contributed by atoms with Gasteiger partial charge in [0.15, 0.2) is 0 Å². The van der Waals surface area contributed by atoms with Crippen LogP contribution in [0.5, 0.6) is 0 Å². The lowest BCUT2D eigenvalue weighted by atomic mass is 9.48. The lowest BCUT2D eigenvalue weighted by molar-refractivity contribution is -0.00481. The van der Waals surface area contributed by atoms with E-state index >= 15 is 0 Å². The molecule has 158 valence electrons. The Labute approximate surface area is 175 Å². The van der Waals surface area contributed by atoms with Crippen molar-refractivity contribution < 1.29 is 0 Å². The Morgan fingerprint density at radius 3 is 2.36 bits per heavy atom. The first-order valence-corrected chi connectivity index (χ1v) is 12.7. The molecule has 0 aromatic heterocycles. The summed E-state index contributed by atoms with van der Waals surface area (Å²) in [6.07, 6.45) is 21.1. The van der Waals surface area contributed by atoms with Crippen LogP contribution in [-0.2, 0) is 0 Å². The molecule has 0 heterocycles. The maximum absolute atomic E-state index is 2.77. The highest BCUT2D eigenvalue weighted by Crippen LogP contribution is 2.66. The first-order valence-electron chi connectivity index (χ1n) is 12.7. The van der Waals surface area contributed by atoms with Crippen molar-refractivity contribution in [1.82, 2.24) is 0 Å². The summed E-state index contributed by atoms with van der Waals surface area (Å²) in [5, 5.41) is 0. The number of hydrogen-bond donors (Lipinski definition) is 0. The number of hydrogen-bond acceptors (Lipinski definition) is 0. The van der Waals surface area contributed by atoms with Crippen LogP contribution in [0, 0.1) is 52.3 Å². The lowest BCUT2D eigenvalue weighted by Crippen LogP contribution is -2.48. The molecule has 0 unspecified atom stereocenters. The highest BCUT2D eigenvalue weighted by molar-refractivity contribution is 5.27. The molecule has 0 saturated heterocycles. The van der Waals surface area contributed by atoms with E-state index in [4.69, 9.17) is 0 Å². The van der Waals surface area contributed by atoms with Crippen LogP contribution in [0.15, 0.2) is 23.8 Å². The molecule has 0 aliphatic heterocycles. The van der Waals surface area contributed by atoms with Gasteiger partial charge in [0.05, 0.1) is 0 Å². The highest BCUT2D eigenvalue weighted by atomic mass is 14.6. The van der Waals surface area contributed by atoms with Crippen molar-refractivity contribution in [2.45, 2.75) is 99.3 Å². The molecule has 0 N–H and O–H groups in total. The van der Waals surface area contributed by atoms with Crippen LogP contribution in [0.3, 0.4) is 0 Å². The third-order valence-electron chi connectivity index (χ3n) is 10.5. The van der Waals surface area contributed by atoms with Crippen molar-refractivity contribution in [1.29, 1.82) is 0 Å². The van der Waals surface area contributed by atoms with Crippen LogP contribution in [0.4, 0.5) is 0 Å². The fraction of sp³-hybridized carbons (Fsp3) is 0.857. The molecule has 0 aromatic carbocycles. The van der Waals surface area contributed by atoms with E-state index in [2.05, 4.69) is 59.8 Å². The summed E-state index contributed by atoms with van der Waals surface area (Å²) in [6, 6.07) is 0. The molecular formula is C28H46. The second kappa shape index (κ2) is 7.63. The number of fused-ring (bicyclic) bond motifs is 5. The minimum absolute atomic E-state index is 0.547. The van der Waals surface area contributed by atoms with Gasteiger partial charge < -0.3 is 0 Å². The average Bonchev–Trinajstić information content (AvgIpc) is 3.02. The standard InChI is InChI=1S/C28H46/c1-19(2)20(3)10-11-21(4)24-14-15-25-23-13-12-22-9-7-8-17-27(22,5)26(23)16-18-28(24,25)6/h10-11,13,19-22,24-26H,7-9,12,14-18H2,1-6H3/b11-10+/t20-,21+,22+,24-,25+,26+,27-,28-/m0/s1. The topological polar surface area (TPSA) is 0 Å². The molecule has 0 nitrogen and oxygen atoms in total. The zero-order valence-electron chi connectivity index (χ0n) is 19.6. The SMILES string of the molecule is CC(C)[C@@H](C)/C=C/[C@@H](C)[C@@H]1CC[C@@H]2C3=CC[C@H]4CCCC[C@]4(C)[C@@H]3CC[C@]21C. The maximum atomic E-state index is 2.77. The van der Waals surface area contributed by atoms with E-state index in [1.165, 1.54) is 57.8 Å². The van der Waals surface area contributed by atoms with Crippen molar-refractivity contribution in [3.63, 3.8) is 0 Å². The normalized spacial score (nSPS) is 45.3. The molecule has 4 aliphatic rings. The fourth-order valence-corrected chi connectivity index (χ4v) is 8.16. The quantitative estimate of drug-likeness (QED) is 0.428. The van der Waals surface area contributed by atoms with Crippen LogP contribution in [-0.4, -0.2) is 0 Å². The van der Waals surface area contributed by atoms with Gasteiger partial charge in [-0.15, -0.1) is 0 Å². The van der Waals surface area contributed by atoms with Gasteiger partial charge in [-0.1, -0.05) is 78.2 Å². The largest absolute Gasteiger partial charge is 0.0852 e. The maximum Gasteiger partial charge on any atom is -0.0143 e. The summed E-state index contributed by atoms with van der Waals surface area (Å²) < 4.78 is 0. The van der Waals surface area contributed by atoms with Gasteiger partial charge in [0.2, 0.25) is 0 Å². The van der Waals surface area contributed by atoms with E-state index < -0.39 is 0 Å². The Hall–Kier alpha value is -0.520. The minimum Gasteiger partial charge on any atom is -0.0852 e. The lowest BCUT2D eigenvalue weighted by Gasteiger charge is -2.57. The van der Waals surface area contributed by atoms with E-state index in [0.717, 1.165) is 35.5 Å². The molecule has 8 atom stereocenters. The van der Waals surface area contributed by atoms with Crippen LogP contribution in [0.1, 0.15) is 99.3 Å². The van der Waals surface area contributed by atoms with E-state index in [9.17, 15) is 0 Å². The van der Waals surface area contributed by atoms with Crippen molar-refractivity contribution in [2.24, 2.45) is 52.3 Å². The second-order valence-electron chi connectivity index (χ2n) is 12.1. The summed E-state index contributed by atoms with van der Waals surface area (Å²) in [4.78, 5) is 0. The second-order valence-corrected chi connectivity index (χ2v) is 12.1. The van der Waals surface area contributed by atoms with Crippen molar-refractivity contribution in [3.05, 3.63) is 23.8 Å². The molecule has 0 heteroatoms. The van der Waals surface area contributed by atoms with Crippen LogP contribution in [0.25, 0.3) is 0 Å². The Balaban J connectivity index is 1.54. The molecule has 28 heavy (non-hydrogen) atoms. The summed E-state index contributed by atoms with van der Waals surface area (Å²) >= 11 is 0. The van der Waals surface area contributed by atoms with Crippen molar-refractivity contribution >= 4 is 0 Å². The Morgan fingerprint density at radius 1 is 0.857 bits per heavy atom. The monoisotopic (exact) mass is 382 g/mol. The highest BCUT2D eigenvalue weighted by Gasteiger charge is 2.57. The van der Waals surface area contributed by atoms with Gasteiger partial charge in [-0.05, 0) is 97.2 Å². The number of allylic oxidation sites excluding steroid dienone is 4. The predicted octanol–water partition coefficient (Wildman–Crippen LogP) is 8.44. The molecule has 3 saturated carbocycles. The van der Waals surface area contributed by atoms with Crippen LogP contribution < -0.4 is 0 Å². The third kappa shape index (κ3) is 3.26. The first kappa shape index (κ1) is 20.7. The van der Waals surface area contributed by atoms with Gasteiger partial charge in [-0.25, -0.2) is 0 Å². The summed E-state index contributed by atoms with van der Waals surface area (Å²) in [6.45, 7) is 15.0. The Morgan fingerprint density at radius 2 is 1.61 bits per heavy atom. The van der Waals surface area contributed by atoms with Gasteiger partial charge >= 0.3 is 0 Å². The summed E-state index contributed by atoms with van der Waals surface area (Å²) in [5.74, 6) is 5.84. The summed E-state index contributed by atoms with van der Waals surface area (Å²) in [5.41, 5.74) is 3.11. The van der Waals surface area contributed by atoms with Gasteiger partial charge in [0.25, 0.3) is 0 Å². The fourth-order valence-electron chi connectivity index (χ4n) is 8.16. The molecule has 0 amide bonds. The molecule has 4 rings (SSSR count). The van der Waals surface area contributed by atoms with Gasteiger partial charge in [-0.2, -0.15) is 0 Å². The smallest absolute Gasteiger partial charge is 0.0143 e. The van der Waals surface area contributed by atoms with Crippen LogP contribution in [0.2, 0.25) is 0 Å². The Kier molecular flexibility index (Phi) is 5.65. The molecule has 0 bridgehead atoms. The third-order valence-corrected chi connectivity index (χ3v) is 10.5. The molecule has 0 spiro atoms. The van der Waals surface area contributed by atoms with Crippen LogP contribution >= 0.6 is 0 Å². The van der Waals surface area contributed by atoms with Gasteiger partial charge in [0.1, 0.15) is 0 Å². The zero-order valence-corrected chi connectivity index (χ0v) is 19.6. The van der Waals surface area contributed by atoms with E-state index in [-0.39, 0.29) is 0 Å². The van der Waals surface area contributed by atoms with Crippen molar-refractivity contribution in [3.8, 4) is 0 Å². The van der Waals surface area contributed by atoms with Crippen molar-refractivity contribution in [2.75, 3.05) is 0 Å². The van der Waals surface area contributed by atoms with E-state index in [1.54, 1.807) is 0 Å². The first-order chi connectivity index (χ1) is 13.3.